The van der Waals surface area contributed by atoms with Crippen molar-refractivity contribution in [3.63, 3.8) is 0 Å². The summed E-state index contributed by atoms with van der Waals surface area (Å²) in [5, 5.41) is 7.43. The van der Waals surface area contributed by atoms with Gasteiger partial charge in [-0.05, 0) is 60.7 Å². The molecule has 4 heteroatoms. The average molecular weight is 575 g/mol. The van der Waals surface area contributed by atoms with Crippen LogP contribution in [0.2, 0.25) is 0 Å². The minimum Gasteiger partial charge on any atom is -0.309 e. The van der Waals surface area contributed by atoms with Crippen LogP contribution >= 0.6 is 0 Å². The minimum atomic E-state index is 0.916. The molecule has 0 spiro atoms. The second kappa shape index (κ2) is 9.18. The predicted octanol–water partition coefficient (Wildman–Crippen LogP) is 10.4. The monoisotopic (exact) mass is 574 g/mol. The van der Waals surface area contributed by atoms with E-state index in [1.165, 1.54) is 54.4 Å². The maximum absolute atomic E-state index is 4.78. The maximum atomic E-state index is 4.78. The van der Waals surface area contributed by atoms with Gasteiger partial charge >= 0.3 is 0 Å². The molecule has 6 aromatic carbocycles. The Hall–Kier alpha value is -6.13. The van der Waals surface area contributed by atoms with Crippen molar-refractivity contribution in [3.05, 3.63) is 158 Å². The summed E-state index contributed by atoms with van der Waals surface area (Å²) in [6.45, 7) is 0. The maximum Gasteiger partial charge on any atom is 0.137 e. The lowest BCUT2D eigenvalue weighted by atomic mass is 10.1. The zero-order valence-corrected chi connectivity index (χ0v) is 24.3. The Labute approximate surface area is 258 Å². The number of rotatable bonds is 3. The molecule has 10 rings (SSSR count). The molecule has 0 aliphatic carbocycles. The van der Waals surface area contributed by atoms with Crippen LogP contribution in [-0.4, -0.2) is 18.7 Å². The van der Waals surface area contributed by atoms with Crippen LogP contribution in [0.4, 0.5) is 0 Å². The van der Waals surface area contributed by atoms with E-state index in [0.717, 1.165) is 28.2 Å². The van der Waals surface area contributed by atoms with E-state index in [-0.39, 0.29) is 0 Å². The smallest absolute Gasteiger partial charge is 0.137 e. The van der Waals surface area contributed by atoms with E-state index >= 15 is 0 Å². The fraction of sp³-hybridized carbons (Fsp3) is 0. The van der Waals surface area contributed by atoms with Crippen molar-refractivity contribution in [1.82, 2.24) is 18.7 Å². The average Bonchev–Trinajstić information content (AvgIpc) is 3.75. The van der Waals surface area contributed by atoms with Gasteiger partial charge in [0, 0.05) is 49.9 Å². The summed E-state index contributed by atoms with van der Waals surface area (Å²) in [6.07, 6.45) is 1.87. The van der Waals surface area contributed by atoms with Gasteiger partial charge in [-0.1, -0.05) is 91.0 Å². The Balaban J connectivity index is 1.48. The molecule has 0 amide bonds. The first kappa shape index (κ1) is 24.3. The standard InChI is InChI=1S/C41H26N4/c1-3-13-27(14-4-1)43-33-19-9-7-17-31(33)38-35(43)24-22-29-30-23-25-36-39(41(30)44(40(29)38)28-15-5-2-6-16-28)32-18-8-10-20-34(32)45(36)37-21-11-12-26-42-37/h1-26H. The fourth-order valence-corrected chi connectivity index (χ4v) is 7.52. The molecule has 0 bridgehead atoms. The summed E-state index contributed by atoms with van der Waals surface area (Å²) >= 11 is 0. The van der Waals surface area contributed by atoms with E-state index < -0.39 is 0 Å². The molecule has 210 valence electrons. The van der Waals surface area contributed by atoms with E-state index in [1.807, 2.05) is 12.3 Å². The molecule has 0 aliphatic heterocycles. The highest BCUT2D eigenvalue weighted by atomic mass is 15.1. The van der Waals surface area contributed by atoms with Crippen LogP contribution in [-0.2, 0) is 0 Å². The summed E-state index contributed by atoms with van der Waals surface area (Å²) in [4.78, 5) is 4.78. The lowest BCUT2D eigenvalue weighted by molar-refractivity contribution is 1.08. The first-order valence-corrected chi connectivity index (χ1v) is 15.3. The highest BCUT2D eigenvalue weighted by Crippen LogP contribution is 2.45. The van der Waals surface area contributed by atoms with Gasteiger partial charge < -0.3 is 9.13 Å². The lowest BCUT2D eigenvalue weighted by Crippen LogP contribution is -1.97. The Morgan fingerprint density at radius 1 is 0.333 bits per heavy atom. The summed E-state index contributed by atoms with van der Waals surface area (Å²) in [5.41, 5.74) is 9.43. The van der Waals surface area contributed by atoms with E-state index in [0.29, 0.717) is 0 Å². The molecule has 10 aromatic rings. The zero-order valence-electron chi connectivity index (χ0n) is 24.3. The molecule has 0 fully saturated rings. The molecule has 4 aromatic heterocycles. The van der Waals surface area contributed by atoms with Crippen molar-refractivity contribution in [2.45, 2.75) is 0 Å². The molecule has 4 nitrogen and oxygen atoms in total. The minimum absolute atomic E-state index is 0.916. The molecule has 0 N–H and O–H groups in total. The number of hydrogen-bond acceptors (Lipinski definition) is 1. The summed E-state index contributed by atoms with van der Waals surface area (Å²) in [7, 11) is 0. The number of fused-ring (bicyclic) bond motifs is 11. The first-order chi connectivity index (χ1) is 22.4. The van der Waals surface area contributed by atoms with Crippen LogP contribution in [0.5, 0.6) is 0 Å². The highest BCUT2D eigenvalue weighted by molar-refractivity contribution is 6.31. The van der Waals surface area contributed by atoms with Crippen LogP contribution in [0.15, 0.2) is 158 Å². The van der Waals surface area contributed by atoms with Crippen LogP contribution in [0, 0.1) is 0 Å². The van der Waals surface area contributed by atoms with Crippen molar-refractivity contribution in [2.24, 2.45) is 0 Å². The summed E-state index contributed by atoms with van der Waals surface area (Å²) in [6, 6.07) is 54.4. The van der Waals surface area contributed by atoms with Gasteiger partial charge in [-0.15, -0.1) is 0 Å². The van der Waals surface area contributed by atoms with Gasteiger partial charge in [0.2, 0.25) is 0 Å². The van der Waals surface area contributed by atoms with Crippen molar-refractivity contribution in [3.8, 4) is 17.2 Å². The lowest BCUT2D eigenvalue weighted by Gasteiger charge is -2.11. The van der Waals surface area contributed by atoms with Gasteiger partial charge in [-0.3, -0.25) is 4.57 Å². The van der Waals surface area contributed by atoms with E-state index in [2.05, 4.69) is 159 Å². The van der Waals surface area contributed by atoms with Crippen molar-refractivity contribution in [2.75, 3.05) is 0 Å². The molecule has 45 heavy (non-hydrogen) atoms. The quantitative estimate of drug-likeness (QED) is 0.206. The molecule has 0 aliphatic rings. The third-order valence-corrected chi connectivity index (χ3v) is 9.27. The van der Waals surface area contributed by atoms with Crippen molar-refractivity contribution < 1.29 is 0 Å². The molecule has 4 heterocycles. The fourth-order valence-electron chi connectivity index (χ4n) is 7.52. The summed E-state index contributed by atoms with van der Waals surface area (Å²) < 4.78 is 7.21. The van der Waals surface area contributed by atoms with Gasteiger partial charge in [0.25, 0.3) is 0 Å². The van der Waals surface area contributed by atoms with Crippen LogP contribution < -0.4 is 0 Å². The van der Waals surface area contributed by atoms with Crippen molar-refractivity contribution in [1.29, 1.82) is 0 Å². The van der Waals surface area contributed by atoms with Crippen molar-refractivity contribution >= 4 is 65.4 Å². The number of hydrogen-bond donors (Lipinski definition) is 0. The van der Waals surface area contributed by atoms with Crippen LogP contribution in [0.3, 0.4) is 0 Å². The molecule has 0 radical (unpaired) electrons. The number of para-hydroxylation sites is 4. The third-order valence-electron chi connectivity index (χ3n) is 9.27. The van der Waals surface area contributed by atoms with Crippen LogP contribution in [0.25, 0.3) is 82.6 Å². The van der Waals surface area contributed by atoms with E-state index in [4.69, 9.17) is 4.98 Å². The normalized spacial score (nSPS) is 12.0. The number of benzene rings is 6. The molecular formula is C41H26N4. The third kappa shape index (κ3) is 3.28. The first-order valence-electron chi connectivity index (χ1n) is 15.3. The number of aromatic nitrogens is 4. The second-order valence-electron chi connectivity index (χ2n) is 11.6. The van der Waals surface area contributed by atoms with Gasteiger partial charge in [-0.25, -0.2) is 4.98 Å². The number of nitrogens with zero attached hydrogens (tertiary/aromatic N) is 4. The zero-order chi connectivity index (χ0) is 29.5. The molecule has 0 atom stereocenters. The van der Waals surface area contributed by atoms with Gasteiger partial charge in [0.15, 0.2) is 0 Å². The van der Waals surface area contributed by atoms with Gasteiger partial charge in [-0.2, -0.15) is 0 Å². The summed E-state index contributed by atoms with van der Waals surface area (Å²) in [5.74, 6) is 0.916. The predicted molar refractivity (Wildman–Crippen MR) is 187 cm³/mol. The molecular weight excluding hydrogens is 548 g/mol. The van der Waals surface area contributed by atoms with Gasteiger partial charge in [0.1, 0.15) is 5.82 Å². The largest absolute Gasteiger partial charge is 0.309 e. The Kier molecular flexibility index (Phi) is 4.96. The van der Waals surface area contributed by atoms with E-state index in [9.17, 15) is 0 Å². The van der Waals surface area contributed by atoms with Crippen LogP contribution in [0.1, 0.15) is 0 Å². The number of pyridine rings is 1. The second-order valence-corrected chi connectivity index (χ2v) is 11.6. The SMILES string of the molecule is c1ccc(-n2c3ccccc3c3c2ccc2c4ccc5c(c6ccccc6n5-c5ccccn5)c4n(-c4ccccc4)c23)cc1. The molecule has 0 saturated heterocycles. The Bertz CT molecular complexity index is 2560. The Morgan fingerprint density at radius 2 is 0.822 bits per heavy atom. The molecule has 0 unspecified atom stereocenters. The van der Waals surface area contributed by atoms with Gasteiger partial charge in [0.05, 0.1) is 33.1 Å². The topological polar surface area (TPSA) is 27.7 Å². The molecule has 0 saturated carbocycles. The highest BCUT2D eigenvalue weighted by Gasteiger charge is 2.24. The Morgan fingerprint density at radius 3 is 1.40 bits per heavy atom. The van der Waals surface area contributed by atoms with E-state index in [1.54, 1.807) is 0 Å².